The predicted molar refractivity (Wildman–Crippen MR) is 97.8 cm³/mol. The molecule has 1 heterocycles. The first-order valence-corrected chi connectivity index (χ1v) is 8.77. The molecule has 1 N–H and O–H groups in total. The molecule has 6 heteroatoms. The van der Waals surface area contributed by atoms with Crippen molar-refractivity contribution in [2.45, 2.75) is 39.2 Å². The molecule has 0 radical (unpaired) electrons. The highest BCUT2D eigenvalue weighted by molar-refractivity contribution is 5.80. The van der Waals surface area contributed by atoms with Gasteiger partial charge in [-0.1, -0.05) is 18.2 Å². The van der Waals surface area contributed by atoms with Gasteiger partial charge in [-0.2, -0.15) is 0 Å². The summed E-state index contributed by atoms with van der Waals surface area (Å²) in [5.74, 6) is 0.805. The van der Waals surface area contributed by atoms with Crippen LogP contribution in [0.2, 0.25) is 0 Å². The van der Waals surface area contributed by atoms with E-state index in [1.807, 2.05) is 49.9 Å². The summed E-state index contributed by atoms with van der Waals surface area (Å²) in [5.41, 5.74) is 0.629. The van der Waals surface area contributed by atoms with Crippen molar-refractivity contribution in [3.8, 4) is 5.75 Å². The van der Waals surface area contributed by atoms with E-state index < -0.39 is 0 Å². The topological polar surface area (TPSA) is 61.9 Å². The molecular weight excluding hydrogens is 318 g/mol. The van der Waals surface area contributed by atoms with Gasteiger partial charge in [0.1, 0.15) is 5.75 Å². The second-order valence-electron chi connectivity index (χ2n) is 7.39. The Labute approximate surface area is 150 Å². The van der Waals surface area contributed by atoms with E-state index in [0.717, 1.165) is 17.7 Å². The minimum absolute atomic E-state index is 0.0634. The Morgan fingerprint density at radius 1 is 1.08 bits per heavy atom. The van der Waals surface area contributed by atoms with Gasteiger partial charge >= 0.3 is 6.03 Å². The molecule has 0 aliphatic carbocycles. The molecule has 0 saturated carbocycles. The van der Waals surface area contributed by atoms with Crippen molar-refractivity contribution in [1.82, 2.24) is 15.1 Å². The monoisotopic (exact) mass is 347 g/mol. The lowest BCUT2D eigenvalue weighted by Crippen LogP contribution is -2.49. The molecule has 6 nitrogen and oxygen atoms in total. The van der Waals surface area contributed by atoms with Gasteiger partial charge in [0, 0.05) is 37.3 Å². The maximum absolute atomic E-state index is 12.6. The minimum atomic E-state index is -0.261. The molecule has 1 saturated heterocycles. The molecule has 0 atom stereocenters. The van der Waals surface area contributed by atoms with Gasteiger partial charge in [0.25, 0.3) is 0 Å². The molecule has 1 aromatic rings. The zero-order valence-corrected chi connectivity index (χ0v) is 15.7. The highest BCUT2D eigenvalue weighted by Gasteiger charge is 2.24. The van der Waals surface area contributed by atoms with Crippen molar-refractivity contribution in [2.75, 3.05) is 33.3 Å². The Bertz CT molecular complexity index is 610. The van der Waals surface area contributed by atoms with Crippen molar-refractivity contribution in [1.29, 1.82) is 0 Å². The van der Waals surface area contributed by atoms with Crippen LogP contribution in [-0.2, 0) is 11.2 Å². The Kier molecular flexibility index (Phi) is 6.28. The maximum Gasteiger partial charge on any atom is 0.317 e. The van der Waals surface area contributed by atoms with Crippen LogP contribution in [0, 0.1) is 0 Å². The van der Waals surface area contributed by atoms with E-state index >= 15 is 0 Å². The highest BCUT2D eigenvalue weighted by Crippen LogP contribution is 2.19. The molecule has 2 rings (SSSR count). The number of hydrogen-bond donors (Lipinski definition) is 1. The number of urea groups is 1. The second-order valence-corrected chi connectivity index (χ2v) is 7.39. The molecule has 3 amide bonds. The summed E-state index contributed by atoms with van der Waals surface area (Å²) < 4.78 is 5.32. The number of nitrogens with one attached hydrogen (secondary N) is 1. The summed E-state index contributed by atoms with van der Waals surface area (Å²) in [4.78, 5) is 28.6. The Morgan fingerprint density at radius 2 is 1.72 bits per heavy atom. The van der Waals surface area contributed by atoms with Crippen LogP contribution in [0.3, 0.4) is 0 Å². The van der Waals surface area contributed by atoms with E-state index in [-0.39, 0.29) is 17.5 Å². The highest BCUT2D eigenvalue weighted by atomic mass is 16.5. The summed E-state index contributed by atoms with van der Waals surface area (Å²) in [7, 11) is 1.61. The van der Waals surface area contributed by atoms with Gasteiger partial charge < -0.3 is 19.9 Å². The number of para-hydroxylation sites is 1. The fourth-order valence-electron chi connectivity index (χ4n) is 2.89. The second kappa shape index (κ2) is 8.23. The number of amides is 3. The number of hydrogen-bond acceptors (Lipinski definition) is 3. The third kappa shape index (κ3) is 5.66. The first-order valence-electron chi connectivity index (χ1n) is 8.77. The van der Waals surface area contributed by atoms with Gasteiger partial charge in [0.15, 0.2) is 0 Å². The number of methoxy groups -OCH3 is 1. The minimum Gasteiger partial charge on any atom is -0.496 e. The van der Waals surface area contributed by atoms with Gasteiger partial charge in [-0.05, 0) is 33.3 Å². The van der Waals surface area contributed by atoms with Gasteiger partial charge in [0.05, 0.1) is 13.5 Å². The van der Waals surface area contributed by atoms with Crippen LogP contribution in [0.25, 0.3) is 0 Å². The molecule has 0 bridgehead atoms. The Hall–Kier alpha value is -2.24. The van der Waals surface area contributed by atoms with Crippen molar-refractivity contribution in [3.63, 3.8) is 0 Å². The van der Waals surface area contributed by atoms with Crippen LogP contribution in [0.4, 0.5) is 4.79 Å². The Morgan fingerprint density at radius 3 is 2.40 bits per heavy atom. The number of carbonyl (C=O) groups excluding carboxylic acids is 2. The summed E-state index contributed by atoms with van der Waals surface area (Å²) in [5, 5.41) is 2.98. The Balaban J connectivity index is 1.94. The number of ether oxygens (including phenoxy) is 1. The van der Waals surface area contributed by atoms with Crippen LogP contribution in [0.15, 0.2) is 24.3 Å². The first-order chi connectivity index (χ1) is 11.8. The molecule has 1 aliphatic heterocycles. The fourth-order valence-corrected chi connectivity index (χ4v) is 2.89. The van der Waals surface area contributed by atoms with E-state index in [4.69, 9.17) is 4.74 Å². The van der Waals surface area contributed by atoms with Gasteiger partial charge in [-0.15, -0.1) is 0 Å². The van der Waals surface area contributed by atoms with E-state index in [1.165, 1.54) is 0 Å². The third-order valence-corrected chi connectivity index (χ3v) is 4.15. The van der Waals surface area contributed by atoms with E-state index in [9.17, 15) is 9.59 Å². The maximum atomic E-state index is 12.6. The molecule has 25 heavy (non-hydrogen) atoms. The fraction of sp³-hybridized carbons (Fsp3) is 0.579. The standard InChI is InChI=1S/C19H29N3O3/c1-19(2,3)20-18(24)22-11-7-10-21(12-13-22)17(23)14-15-8-5-6-9-16(15)25-4/h5-6,8-9H,7,10-14H2,1-4H3,(H,20,24). The lowest BCUT2D eigenvalue weighted by Gasteiger charge is -2.27. The average Bonchev–Trinajstić information content (AvgIpc) is 2.80. The molecule has 0 unspecified atom stereocenters. The first kappa shape index (κ1) is 19.1. The summed E-state index contributed by atoms with van der Waals surface area (Å²) in [6.07, 6.45) is 1.10. The summed E-state index contributed by atoms with van der Waals surface area (Å²) in [6.45, 7) is 8.35. The predicted octanol–water partition coefficient (Wildman–Crippen LogP) is 2.28. The molecular formula is C19H29N3O3. The lowest BCUT2D eigenvalue weighted by molar-refractivity contribution is -0.130. The zero-order chi connectivity index (χ0) is 18.4. The van der Waals surface area contributed by atoms with Crippen LogP contribution in [0.5, 0.6) is 5.75 Å². The van der Waals surface area contributed by atoms with Crippen LogP contribution in [-0.4, -0.2) is 60.6 Å². The zero-order valence-electron chi connectivity index (χ0n) is 15.7. The van der Waals surface area contributed by atoms with E-state index in [1.54, 1.807) is 12.0 Å². The number of nitrogens with zero attached hydrogens (tertiary/aromatic N) is 2. The average molecular weight is 347 g/mol. The van der Waals surface area contributed by atoms with Crippen LogP contribution >= 0.6 is 0 Å². The number of benzene rings is 1. The van der Waals surface area contributed by atoms with E-state index in [2.05, 4.69) is 5.32 Å². The van der Waals surface area contributed by atoms with Gasteiger partial charge in [-0.3, -0.25) is 4.79 Å². The van der Waals surface area contributed by atoms with Crippen LogP contribution < -0.4 is 10.1 Å². The van der Waals surface area contributed by atoms with E-state index in [0.29, 0.717) is 32.6 Å². The molecule has 0 spiro atoms. The van der Waals surface area contributed by atoms with Crippen molar-refractivity contribution >= 4 is 11.9 Å². The SMILES string of the molecule is COc1ccccc1CC(=O)N1CCCN(C(=O)NC(C)(C)C)CC1. The summed E-state index contributed by atoms with van der Waals surface area (Å²) in [6, 6.07) is 7.52. The van der Waals surface area contributed by atoms with Gasteiger partial charge in [-0.25, -0.2) is 4.79 Å². The van der Waals surface area contributed by atoms with Crippen molar-refractivity contribution < 1.29 is 14.3 Å². The number of carbonyl (C=O) groups is 2. The third-order valence-electron chi connectivity index (χ3n) is 4.15. The molecule has 138 valence electrons. The lowest BCUT2D eigenvalue weighted by atomic mass is 10.1. The molecule has 1 aromatic carbocycles. The smallest absolute Gasteiger partial charge is 0.317 e. The molecule has 1 aliphatic rings. The molecule has 0 aromatic heterocycles. The van der Waals surface area contributed by atoms with Gasteiger partial charge in [0.2, 0.25) is 5.91 Å². The summed E-state index contributed by atoms with van der Waals surface area (Å²) >= 11 is 0. The normalized spacial score (nSPS) is 15.5. The van der Waals surface area contributed by atoms with Crippen molar-refractivity contribution in [3.05, 3.63) is 29.8 Å². The quantitative estimate of drug-likeness (QED) is 0.912. The largest absolute Gasteiger partial charge is 0.496 e. The van der Waals surface area contributed by atoms with Crippen LogP contribution in [0.1, 0.15) is 32.8 Å². The molecule has 1 fully saturated rings. The number of rotatable bonds is 3. The van der Waals surface area contributed by atoms with Crippen molar-refractivity contribution in [2.24, 2.45) is 0 Å².